The number of aromatic nitrogens is 2. The average molecular weight is 367 g/mol. The van der Waals surface area contributed by atoms with E-state index < -0.39 is 0 Å². The molecule has 0 unspecified atom stereocenters. The largest absolute Gasteiger partial charge is 0.496 e. The second kappa shape index (κ2) is 7.24. The zero-order valence-corrected chi connectivity index (χ0v) is 17.1. The summed E-state index contributed by atoms with van der Waals surface area (Å²) in [6.07, 6.45) is 1.81. The Morgan fingerprint density at radius 3 is 2.70 bits per heavy atom. The molecule has 0 saturated carbocycles. The van der Waals surface area contributed by atoms with Crippen molar-refractivity contribution in [2.45, 2.75) is 33.2 Å². The van der Waals surface area contributed by atoms with Gasteiger partial charge in [0.1, 0.15) is 5.75 Å². The van der Waals surface area contributed by atoms with E-state index in [1.54, 1.807) is 7.11 Å². The first kappa shape index (κ1) is 19.2. The van der Waals surface area contributed by atoms with Gasteiger partial charge in [-0.2, -0.15) is 5.10 Å². The Morgan fingerprint density at radius 2 is 2.07 bits per heavy atom. The van der Waals surface area contributed by atoms with E-state index in [-0.39, 0.29) is 5.54 Å². The summed E-state index contributed by atoms with van der Waals surface area (Å²) in [7, 11) is 1.68. The van der Waals surface area contributed by atoms with Crippen LogP contribution in [0.5, 0.6) is 5.75 Å². The number of H-pyrrole nitrogens is 1. The highest BCUT2D eigenvalue weighted by molar-refractivity contribution is 5.76. The van der Waals surface area contributed by atoms with Crippen LogP contribution >= 0.6 is 0 Å². The van der Waals surface area contributed by atoms with Crippen molar-refractivity contribution in [3.05, 3.63) is 47.7 Å². The Hall–Kier alpha value is -2.53. The van der Waals surface area contributed by atoms with Crippen molar-refractivity contribution in [1.29, 1.82) is 0 Å². The molecule has 1 aliphatic heterocycles. The lowest BCUT2D eigenvalue weighted by Crippen LogP contribution is -2.56. The van der Waals surface area contributed by atoms with Crippen molar-refractivity contribution in [1.82, 2.24) is 20.4 Å². The van der Waals surface area contributed by atoms with Gasteiger partial charge in [-0.1, -0.05) is 19.2 Å². The van der Waals surface area contributed by atoms with E-state index in [0.717, 1.165) is 64.7 Å². The van der Waals surface area contributed by atoms with Crippen LogP contribution in [0.1, 0.15) is 36.2 Å². The smallest absolute Gasteiger partial charge is 0.126 e. The van der Waals surface area contributed by atoms with Crippen molar-refractivity contribution in [2.75, 3.05) is 26.7 Å². The summed E-state index contributed by atoms with van der Waals surface area (Å²) < 4.78 is 5.46. The Balaban J connectivity index is 2.01. The van der Waals surface area contributed by atoms with E-state index >= 15 is 0 Å². The molecule has 2 aromatic rings. The fourth-order valence-electron chi connectivity index (χ4n) is 3.85. The minimum Gasteiger partial charge on any atom is -0.496 e. The van der Waals surface area contributed by atoms with Crippen LogP contribution < -0.4 is 10.1 Å². The lowest BCUT2D eigenvalue weighted by molar-refractivity contribution is 0.160. The minimum absolute atomic E-state index is 0.0130. The number of hydrogen-bond acceptors (Lipinski definition) is 4. The zero-order valence-electron chi connectivity index (χ0n) is 17.1. The molecule has 0 atom stereocenters. The molecule has 0 radical (unpaired) electrons. The third-order valence-corrected chi connectivity index (χ3v) is 5.48. The maximum Gasteiger partial charge on any atom is 0.126 e. The van der Waals surface area contributed by atoms with Crippen molar-refractivity contribution < 1.29 is 4.74 Å². The highest BCUT2D eigenvalue weighted by Crippen LogP contribution is 2.35. The molecule has 5 heteroatoms. The van der Waals surface area contributed by atoms with Gasteiger partial charge in [-0.05, 0) is 45.4 Å². The van der Waals surface area contributed by atoms with Crippen molar-refractivity contribution in [3.63, 3.8) is 0 Å². The maximum absolute atomic E-state index is 5.46. The fraction of sp³-hybridized carbons (Fsp3) is 0.409. The number of ether oxygens (including phenoxy) is 1. The van der Waals surface area contributed by atoms with Gasteiger partial charge in [-0.25, -0.2) is 0 Å². The number of piperazine rings is 1. The summed E-state index contributed by atoms with van der Waals surface area (Å²) in [6, 6.07) is 4.13. The van der Waals surface area contributed by atoms with Gasteiger partial charge in [-0.15, -0.1) is 0 Å². The second-order valence-corrected chi connectivity index (χ2v) is 7.77. The molecular weight excluding hydrogens is 336 g/mol. The summed E-state index contributed by atoms with van der Waals surface area (Å²) in [5.41, 5.74) is 7.22. The van der Waals surface area contributed by atoms with Gasteiger partial charge in [0.15, 0.2) is 0 Å². The number of benzene rings is 1. The van der Waals surface area contributed by atoms with Crippen LogP contribution in [0.4, 0.5) is 0 Å². The highest BCUT2D eigenvalue weighted by Gasteiger charge is 2.32. The van der Waals surface area contributed by atoms with E-state index in [2.05, 4.69) is 67.3 Å². The Kier molecular flexibility index (Phi) is 5.16. The molecule has 0 aliphatic carbocycles. The number of aryl methyl sites for hydroxylation is 1. The Labute approximate surface area is 162 Å². The van der Waals surface area contributed by atoms with E-state index in [4.69, 9.17) is 4.74 Å². The van der Waals surface area contributed by atoms with Crippen LogP contribution in [0.3, 0.4) is 0 Å². The highest BCUT2D eigenvalue weighted by atomic mass is 16.5. The standard InChI is InChI=1S/C22H30N4O/c1-8-17-12-18(14(2)11-19(17)27-7)21-15(3)20(24-25-21)16(4)26-10-9-23-13-22(26,5)6/h8,11-12,23H,1,4,9-10,13H2,2-3,5-7H3,(H,24,25). The van der Waals surface area contributed by atoms with Gasteiger partial charge in [0, 0.05) is 41.9 Å². The summed E-state index contributed by atoms with van der Waals surface area (Å²) in [5.74, 6) is 0.826. The van der Waals surface area contributed by atoms with Gasteiger partial charge in [0.2, 0.25) is 0 Å². The third-order valence-electron chi connectivity index (χ3n) is 5.48. The van der Waals surface area contributed by atoms with Gasteiger partial charge in [0.05, 0.1) is 24.2 Å². The molecule has 3 rings (SSSR count). The predicted octanol–water partition coefficient (Wildman–Crippen LogP) is 4.00. The molecule has 0 bridgehead atoms. The van der Waals surface area contributed by atoms with E-state index in [9.17, 15) is 0 Å². The monoisotopic (exact) mass is 366 g/mol. The fourth-order valence-corrected chi connectivity index (χ4v) is 3.85. The summed E-state index contributed by atoms with van der Waals surface area (Å²) in [4.78, 5) is 2.36. The van der Waals surface area contributed by atoms with Gasteiger partial charge in [-0.3, -0.25) is 5.10 Å². The molecule has 2 heterocycles. The molecule has 144 valence electrons. The van der Waals surface area contributed by atoms with E-state index in [0.29, 0.717) is 0 Å². The molecule has 1 aromatic heterocycles. The molecule has 1 fully saturated rings. The zero-order chi connectivity index (χ0) is 19.8. The minimum atomic E-state index is 0.0130. The normalized spacial score (nSPS) is 16.3. The average Bonchev–Trinajstić information content (AvgIpc) is 3.01. The second-order valence-electron chi connectivity index (χ2n) is 7.77. The molecule has 1 aliphatic rings. The quantitative estimate of drug-likeness (QED) is 0.840. The van der Waals surface area contributed by atoms with Crippen LogP contribution in [0.25, 0.3) is 23.0 Å². The Bertz CT molecular complexity index is 879. The molecule has 1 saturated heterocycles. The first-order valence-electron chi connectivity index (χ1n) is 9.34. The van der Waals surface area contributed by atoms with Gasteiger partial charge < -0.3 is 15.0 Å². The summed E-state index contributed by atoms with van der Waals surface area (Å²) in [5, 5.41) is 11.3. The third kappa shape index (κ3) is 3.39. The van der Waals surface area contributed by atoms with Crippen molar-refractivity contribution >= 4 is 11.8 Å². The molecule has 1 aromatic carbocycles. The van der Waals surface area contributed by atoms with Crippen LogP contribution in [0.2, 0.25) is 0 Å². The molecule has 0 spiro atoms. The molecule has 0 amide bonds. The summed E-state index contributed by atoms with van der Waals surface area (Å²) in [6.45, 7) is 19.8. The molecule has 27 heavy (non-hydrogen) atoms. The number of nitrogens with zero attached hydrogens (tertiary/aromatic N) is 2. The summed E-state index contributed by atoms with van der Waals surface area (Å²) >= 11 is 0. The molecule has 2 N–H and O–H groups in total. The van der Waals surface area contributed by atoms with Crippen molar-refractivity contribution in [3.8, 4) is 17.0 Å². The SMILES string of the molecule is C=Cc1cc(-c2n[nH]c(C(=C)N3CCNCC3(C)C)c2C)c(C)cc1OC. The van der Waals surface area contributed by atoms with Crippen LogP contribution in [0.15, 0.2) is 25.3 Å². The number of methoxy groups -OCH3 is 1. The van der Waals surface area contributed by atoms with E-state index in [1.807, 2.05) is 12.1 Å². The topological polar surface area (TPSA) is 53.2 Å². The molecule has 5 nitrogen and oxygen atoms in total. The van der Waals surface area contributed by atoms with Crippen LogP contribution in [-0.4, -0.2) is 47.4 Å². The number of nitrogens with one attached hydrogen (secondary N) is 2. The van der Waals surface area contributed by atoms with Crippen LogP contribution in [0, 0.1) is 13.8 Å². The number of hydrogen-bond donors (Lipinski definition) is 2. The number of aromatic amines is 1. The van der Waals surface area contributed by atoms with Crippen LogP contribution in [-0.2, 0) is 0 Å². The molecular formula is C22H30N4O. The van der Waals surface area contributed by atoms with E-state index in [1.165, 1.54) is 0 Å². The Morgan fingerprint density at radius 1 is 1.33 bits per heavy atom. The van der Waals surface area contributed by atoms with Gasteiger partial charge >= 0.3 is 0 Å². The van der Waals surface area contributed by atoms with Gasteiger partial charge in [0.25, 0.3) is 0 Å². The lowest BCUT2D eigenvalue weighted by Gasteiger charge is -2.45. The number of rotatable bonds is 5. The predicted molar refractivity (Wildman–Crippen MR) is 113 cm³/mol. The first-order valence-corrected chi connectivity index (χ1v) is 9.34. The maximum atomic E-state index is 5.46. The first-order chi connectivity index (χ1) is 12.8. The lowest BCUT2D eigenvalue weighted by atomic mass is 9.96. The van der Waals surface area contributed by atoms with Crippen molar-refractivity contribution in [2.24, 2.45) is 0 Å².